The van der Waals surface area contributed by atoms with Gasteiger partial charge in [0.25, 0.3) is 0 Å². The van der Waals surface area contributed by atoms with Crippen LogP contribution in [0.4, 0.5) is 0 Å². The Morgan fingerprint density at radius 3 is 2.33 bits per heavy atom. The van der Waals surface area contributed by atoms with E-state index in [4.69, 9.17) is 11.6 Å². The maximum absolute atomic E-state index is 6.51. The van der Waals surface area contributed by atoms with E-state index in [0.29, 0.717) is 5.25 Å². The van der Waals surface area contributed by atoms with Crippen molar-refractivity contribution in [3.63, 3.8) is 0 Å². The number of hydrogen-bond donors (Lipinski definition) is 0. The van der Waals surface area contributed by atoms with Crippen molar-refractivity contribution in [2.24, 2.45) is 0 Å². The molecular formula is C22H19ClS. The van der Waals surface area contributed by atoms with E-state index in [-0.39, 0.29) is 5.41 Å². The summed E-state index contributed by atoms with van der Waals surface area (Å²) in [5.74, 6) is 0. The van der Waals surface area contributed by atoms with E-state index in [1.807, 2.05) is 23.9 Å². The van der Waals surface area contributed by atoms with Crippen molar-refractivity contribution in [3.8, 4) is 0 Å². The molecule has 2 unspecified atom stereocenters. The monoisotopic (exact) mass is 350 g/mol. The maximum Gasteiger partial charge on any atom is 0.0449 e. The lowest BCUT2D eigenvalue weighted by Gasteiger charge is -2.40. The van der Waals surface area contributed by atoms with E-state index < -0.39 is 0 Å². The minimum Gasteiger partial charge on any atom is -0.118 e. The highest BCUT2D eigenvalue weighted by atomic mass is 35.5. The van der Waals surface area contributed by atoms with Crippen LogP contribution >= 0.6 is 23.4 Å². The predicted octanol–water partition coefficient (Wildman–Crippen LogP) is 6.88. The Labute approximate surface area is 152 Å². The SMILES string of the molecule is CC1(c2ccccc2)CC(c2ccccc2Cl)Sc2ccccc21. The summed E-state index contributed by atoms with van der Waals surface area (Å²) in [6.07, 6.45) is 1.04. The van der Waals surface area contributed by atoms with Crippen molar-refractivity contribution in [2.75, 3.05) is 0 Å². The standard InChI is InChI=1S/C22H19ClS/c1-22(16-9-3-2-4-10-16)15-21(17-11-5-7-13-19(17)23)24-20-14-8-6-12-18(20)22/h2-14,21H,15H2,1H3. The molecule has 0 amide bonds. The minimum absolute atomic E-state index is 0.00700. The number of rotatable bonds is 2. The molecule has 0 N–H and O–H groups in total. The van der Waals surface area contributed by atoms with Gasteiger partial charge >= 0.3 is 0 Å². The fraction of sp³-hybridized carbons (Fsp3) is 0.182. The van der Waals surface area contributed by atoms with Crippen LogP contribution in [0.15, 0.2) is 83.8 Å². The smallest absolute Gasteiger partial charge is 0.0449 e. The number of fused-ring (bicyclic) bond motifs is 1. The van der Waals surface area contributed by atoms with Crippen LogP contribution in [-0.4, -0.2) is 0 Å². The third-order valence-electron chi connectivity index (χ3n) is 5.01. The zero-order chi connectivity index (χ0) is 16.6. The van der Waals surface area contributed by atoms with Crippen molar-refractivity contribution in [1.29, 1.82) is 0 Å². The van der Waals surface area contributed by atoms with Gasteiger partial charge in [0.15, 0.2) is 0 Å². The van der Waals surface area contributed by atoms with Crippen molar-refractivity contribution in [2.45, 2.75) is 28.9 Å². The van der Waals surface area contributed by atoms with Gasteiger partial charge in [-0.05, 0) is 35.2 Å². The van der Waals surface area contributed by atoms with E-state index in [9.17, 15) is 0 Å². The van der Waals surface area contributed by atoms with Gasteiger partial charge in [0, 0.05) is 20.6 Å². The Morgan fingerprint density at radius 1 is 0.875 bits per heavy atom. The number of benzene rings is 3. The number of thioether (sulfide) groups is 1. The first-order valence-corrected chi connectivity index (χ1v) is 9.50. The average molecular weight is 351 g/mol. The van der Waals surface area contributed by atoms with Gasteiger partial charge in [-0.1, -0.05) is 85.3 Å². The molecule has 0 saturated heterocycles. The van der Waals surface area contributed by atoms with Crippen LogP contribution in [0.5, 0.6) is 0 Å². The summed E-state index contributed by atoms with van der Waals surface area (Å²) in [5, 5.41) is 1.23. The highest BCUT2D eigenvalue weighted by Crippen LogP contribution is 2.55. The van der Waals surface area contributed by atoms with Gasteiger partial charge in [-0.2, -0.15) is 0 Å². The largest absolute Gasteiger partial charge is 0.118 e. The van der Waals surface area contributed by atoms with Crippen molar-refractivity contribution < 1.29 is 0 Å². The normalized spacial score (nSPS) is 22.8. The molecule has 0 radical (unpaired) electrons. The van der Waals surface area contributed by atoms with Crippen LogP contribution in [0, 0.1) is 0 Å². The summed E-state index contributed by atoms with van der Waals surface area (Å²) in [7, 11) is 0. The third-order valence-corrected chi connectivity index (χ3v) is 6.67. The Balaban J connectivity index is 1.86. The van der Waals surface area contributed by atoms with Crippen molar-refractivity contribution in [1.82, 2.24) is 0 Å². The first-order chi connectivity index (χ1) is 11.7. The van der Waals surface area contributed by atoms with Gasteiger partial charge in [0.2, 0.25) is 0 Å². The molecule has 24 heavy (non-hydrogen) atoms. The maximum atomic E-state index is 6.51. The van der Waals surface area contributed by atoms with E-state index in [0.717, 1.165) is 11.4 Å². The molecule has 4 rings (SSSR count). The van der Waals surface area contributed by atoms with E-state index in [1.54, 1.807) is 0 Å². The molecule has 2 atom stereocenters. The summed E-state index contributed by atoms with van der Waals surface area (Å²) < 4.78 is 0. The molecule has 1 aliphatic rings. The molecule has 0 aromatic heterocycles. The molecule has 0 spiro atoms. The summed E-state index contributed by atoms with van der Waals surface area (Å²) in [5.41, 5.74) is 4.02. The molecule has 1 aliphatic heterocycles. The second kappa shape index (κ2) is 6.31. The van der Waals surface area contributed by atoms with Crippen LogP contribution in [0.3, 0.4) is 0 Å². The average Bonchev–Trinajstić information content (AvgIpc) is 2.63. The lowest BCUT2D eigenvalue weighted by atomic mass is 9.72. The van der Waals surface area contributed by atoms with E-state index >= 15 is 0 Å². The number of hydrogen-bond acceptors (Lipinski definition) is 1. The highest BCUT2D eigenvalue weighted by molar-refractivity contribution is 7.99. The third kappa shape index (κ3) is 2.66. The summed E-state index contributed by atoms with van der Waals surface area (Å²) in [4.78, 5) is 1.36. The van der Waals surface area contributed by atoms with Crippen LogP contribution in [0.1, 0.15) is 35.3 Å². The zero-order valence-electron chi connectivity index (χ0n) is 13.6. The second-order valence-electron chi connectivity index (χ2n) is 6.53. The van der Waals surface area contributed by atoms with E-state index in [1.165, 1.54) is 21.6 Å². The van der Waals surface area contributed by atoms with Gasteiger partial charge in [0.05, 0.1) is 0 Å². The molecule has 0 fully saturated rings. The molecular weight excluding hydrogens is 332 g/mol. The molecule has 0 saturated carbocycles. The fourth-order valence-electron chi connectivity index (χ4n) is 3.69. The molecule has 0 aliphatic carbocycles. The van der Waals surface area contributed by atoms with Crippen LogP contribution in [0.25, 0.3) is 0 Å². The lowest BCUT2D eigenvalue weighted by Crippen LogP contribution is -2.29. The fourth-order valence-corrected chi connectivity index (χ4v) is 5.66. The zero-order valence-corrected chi connectivity index (χ0v) is 15.1. The molecule has 0 bridgehead atoms. The first kappa shape index (κ1) is 15.8. The summed E-state index contributed by atoms with van der Waals surface area (Å²) in [6, 6.07) is 27.9. The molecule has 3 aromatic carbocycles. The Kier molecular flexibility index (Phi) is 4.15. The van der Waals surface area contributed by atoms with E-state index in [2.05, 4.69) is 73.7 Å². The predicted molar refractivity (Wildman–Crippen MR) is 104 cm³/mol. The van der Waals surface area contributed by atoms with Gasteiger partial charge in [-0.15, -0.1) is 11.8 Å². The van der Waals surface area contributed by atoms with Crippen LogP contribution in [0.2, 0.25) is 5.02 Å². The summed E-state index contributed by atoms with van der Waals surface area (Å²) in [6.45, 7) is 2.37. The highest BCUT2D eigenvalue weighted by Gasteiger charge is 2.39. The first-order valence-electron chi connectivity index (χ1n) is 8.24. The van der Waals surface area contributed by atoms with Gasteiger partial charge in [0.1, 0.15) is 0 Å². The molecule has 1 heterocycles. The molecule has 0 nitrogen and oxygen atoms in total. The van der Waals surface area contributed by atoms with Crippen LogP contribution in [-0.2, 0) is 5.41 Å². The van der Waals surface area contributed by atoms with Crippen molar-refractivity contribution >= 4 is 23.4 Å². The number of halogens is 1. The molecule has 3 aromatic rings. The Hall–Kier alpha value is -1.70. The Bertz CT molecular complexity index is 859. The topological polar surface area (TPSA) is 0 Å². The van der Waals surface area contributed by atoms with Gasteiger partial charge in [-0.3, -0.25) is 0 Å². The summed E-state index contributed by atoms with van der Waals surface area (Å²) >= 11 is 8.45. The molecule has 120 valence electrons. The van der Waals surface area contributed by atoms with Crippen molar-refractivity contribution in [3.05, 3.63) is 101 Å². The quantitative estimate of drug-likeness (QED) is 0.485. The minimum atomic E-state index is -0.00700. The molecule has 2 heteroatoms. The Morgan fingerprint density at radius 2 is 1.54 bits per heavy atom. The van der Waals surface area contributed by atoms with Crippen LogP contribution < -0.4 is 0 Å². The lowest BCUT2D eigenvalue weighted by molar-refractivity contribution is 0.495. The second-order valence-corrected chi connectivity index (χ2v) is 8.18. The van der Waals surface area contributed by atoms with Gasteiger partial charge < -0.3 is 0 Å². The van der Waals surface area contributed by atoms with Gasteiger partial charge in [-0.25, -0.2) is 0 Å².